The van der Waals surface area contributed by atoms with Crippen LogP contribution in [0.2, 0.25) is 0 Å². The fourth-order valence-corrected chi connectivity index (χ4v) is 3.27. The van der Waals surface area contributed by atoms with Crippen molar-refractivity contribution in [1.82, 2.24) is 0 Å². The van der Waals surface area contributed by atoms with Crippen molar-refractivity contribution in [2.75, 3.05) is 0 Å². The maximum atomic E-state index is 11.6. The van der Waals surface area contributed by atoms with Gasteiger partial charge in [0.25, 0.3) is 0 Å². The number of hydrogen-bond acceptors (Lipinski definition) is 4. The summed E-state index contributed by atoms with van der Waals surface area (Å²) in [4.78, 5) is 23.2. The van der Waals surface area contributed by atoms with Gasteiger partial charge in [-0.2, -0.15) is 0 Å². The molecule has 0 aliphatic rings. The Labute approximate surface area is 197 Å². The number of unbranched alkanes of at least 4 members (excludes halogenated alkanes) is 9. The van der Waals surface area contributed by atoms with Gasteiger partial charge in [0.05, 0.1) is 17.4 Å². The summed E-state index contributed by atoms with van der Waals surface area (Å²) in [7, 11) is 0. The predicted molar refractivity (Wildman–Crippen MR) is 100 cm³/mol. The molecule has 0 unspecified atom stereocenters. The molecule has 1 rings (SSSR count). The molecular weight excluding hydrogens is 454 g/mol. The van der Waals surface area contributed by atoms with Crippen LogP contribution in [-0.2, 0) is 15.0 Å². The zero-order chi connectivity index (χ0) is 18.5. The number of rotatable bonds is 14. The van der Waals surface area contributed by atoms with Crippen LogP contribution in [0.1, 0.15) is 83.1 Å². The summed E-state index contributed by atoms with van der Waals surface area (Å²) in [5, 5.41) is 23.2. The Morgan fingerprint density at radius 1 is 0.769 bits per heavy atom. The Bertz CT molecular complexity index is 502. The Morgan fingerprint density at radius 3 is 1.62 bits per heavy atom. The molecule has 4 nitrogen and oxygen atoms in total. The van der Waals surface area contributed by atoms with Crippen LogP contribution >= 0.6 is 0 Å². The average Bonchev–Trinajstić information content (AvgIpc) is 2.60. The first-order valence-electron chi connectivity index (χ1n) is 9.54. The second kappa shape index (κ2) is 14.7. The predicted octanol–water partition coefficient (Wildman–Crippen LogP) is 2.35. The molecule has 0 radical (unpaired) electrons. The molecule has 0 aromatic heterocycles. The van der Waals surface area contributed by atoms with E-state index in [0.717, 1.165) is 19.3 Å². The Kier molecular flexibility index (Phi) is 14.6. The topological polar surface area (TPSA) is 80.3 Å². The molecule has 0 amide bonds. The van der Waals surface area contributed by atoms with Crippen LogP contribution in [0, 0.1) is 0 Å². The van der Waals surface area contributed by atoms with Gasteiger partial charge in [-0.05, 0) is 12.0 Å². The van der Waals surface area contributed by atoms with Gasteiger partial charge in [-0.3, -0.25) is 0 Å². The zero-order valence-corrected chi connectivity index (χ0v) is 20.4. The Morgan fingerprint density at radius 2 is 1.19 bits per heavy atom. The van der Waals surface area contributed by atoms with Gasteiger partial charge in [0.1, 0.15) is 0 Å². The van der Waals surface area contributed by atoms with Crippen LogP contribution in [-0.4, -0.2) is 60.8 Å². The largest absolute Gasteiger partial charge is 2.00 e. The third-order valence-electron chi connectivity index (χ3n) is 4.87. The number of hydrogen-bond donors (Lipinski definition) is 0. The van der Waals surface area contributed by atoms with Crippen molar-refractivity contribution >= 4 is 60.8 Å². The molecule has 0 spiro atoms. The standard InChI is InChI=1S/C21H32O4.Ba/c1-2-3-4-5-6-7-8-9-10-14-17-21(19(22)23,20(24)25)18-15-12-11-13-16-18;/h11-13,15-16H,2-10,14,17H2,1H3,(H,22,23)(H,24,25);/q;+2/p-2. The molecule has 0 aliphatic carbocycles. The van der Waals surface area contributed by atoms with Crippen molar-refractivity contribution in [1.29, 1.82) is 0 Å². The van der Waals surface area contributed by atoms with Crippen LogP contribution in [0.4, 0.5) is 0 Å². The minimum Gasteiger partial charge on any atom is -0.549 e. The number of carboxylic acid groups (broad SMARTS) is 2. The minimum atomic E-state index is -2.05. The summed E-state index contributed by atoms with van der Waals surface area (Å²) in [5.74, 6) is -3.18. The van der Waals surface area contributed by atoms with E-state index < -0.39 is 17.4 Å². The molecule has 5 heteroatoms. The summed E-state index contributed by atoms with van der Waals surface area (Å²) in [6.45, 7) is 2.20. The molecule has 0 bridgehead atoms. The van der Waals surface area contributed by atoms with Crippen molar-refractivity contribution in [3.63, 3.8) is 0 Å². The van der Waals surface area contributed by atoms with E-state index in [-0.39, 0.29) is 60.9 Å². The average molecular weight is 484 g/mol. The van der Waals surface area contributed by atoms with Crippen LogP contribution < -0.4 is 10.2 Å². The maximum Gasteiger partial charge on any atom is 2.00 e. The summed E-state index contributed by atoms with van der Waals surface area (Å²) in [6, 6.07) is 8.02. The van der Waals surface area contributed by atoms with E-state index in [1.54, 1.807) is 18.2 Å². The van der Waals surface area contributed by atoms with Gasteiger partial charge in [-0.15, -0.1) is 0 Å². The van der Waals surface area contributed by atoms with E-state index in [9.17, 15) is 19.8 Å². The minimum absolute atomic E-state index is 0. The molecule has 0 heterocycles. The number of carbonyl (C=O) groups excluding carboxylic acids is 2. The van der Waals surface area contributed by atoms with Gasteiger partial charge in [0.15, 0.2) is 0 Å². The normalized spacial score (nSPS) is 11.0. The van der Waals surface area contributed by atoms with Crippen molar-refractivity contribution in [3.05, 3.63) is 35.9 Å². The van der Waals surface area contributed by atoms with E-state index in [1.807, 2.05) is 0 Å². The van der Waals surface area contributed by atoms with Gasteiger partial charge in [-0.25, -0.2) is 0 Å². The van der Waals surface area contributed by atoms with Crippen LogP contribution in [0.5, 0.6) is 0 Å². The van der Waals surface area contributed by atoms with Gasteiger partial charge < -0.3 is 19.8 Å². The molecule has 1 aromatic rings. The van der Waals surface area contributed by atoms with Crippen LogP contribution in [0.3, 0.4) is 0 Å². The number of carbonyl (C=O) groups is 2. The first kappa shape index (κ1) is 25.7. The fraction of sp³-hybridized carbons (Fsp3) is 0.619. The molecule has 1 aromatic carbocycles. The summed E-state index contributed by atoms with van der Waals surface area (Å²) in [6.07, 6.45) is 11.0. The van der Waals surface area contributed by atoms with E-state index in [0.29, 0.717) is 6.42 Å². The molecule has 0 saturated heterocycles. The second-order valence-corrected chi connectivity index (χ2v) is 6.78. The van der Waals surface area contributed by atoms with Gasteiger partial charge >= 0.3 is 48.9 Å². The zero-order valence-electron chi connectivity index (χ0n) is 16.0. The monoisotopic (exact) mass is 484 g/mol. The van der Waals surface area contributed by atoms with Gasteiger partial charge in [-0.1, -0.05) is 101 Å². The molecule has 0 fully saturated rings. The van der Waals surface area contributed by atoms with Crippen molar-refractivity contribution in [2.45, 2.75) is 83.0 Å². The summed E-state index contributed by atoms with van der Waals surface area (Å²) < 4.78 is 0. The molecule has 140 valence electrons. The Balaban J connectivity index is 0.00000625. The quantitative estimate of drug-likeness (QED) is 0.231. The Hall–Kier alpha value is -0.269. The molecule has 0 aliphatic heterocycles. The maximum absolute atomic E-state index is 11.6. The van der Waals surface area contributed by atoms with Crippen LogP contribution in [0.25, 0.3) is 0 Å². The first-order chi connectivity index (χ1) is 12.1. The third-order valence-corrected chi connectivity index (χ3v) is 4.87. The first-order valence-corrected chi connectivity index (χ1v) is 9.54. The molecular formula is C21H30BaO4. The number of aliphatic carboxylic acids is 2. The number of carboxylic acids is 2. The van der Waals surface area contributed by atoms with Crippen molar-refractivity contribution in [2.24, 2.45) is 0 Å². The van der Waals surface area contributed by atoms with Crippen molar-refractivity contribution in [3.8, 4) is 0 Å². The summed E-state index contributed by atoms with van der Waals surface area (Å²) in [5.41, 5.74) is -1.83. The van der Waals surface area contributed by atoms with E-state index in [2.05, 4.69) is 6.92 Å². The van der Waals surface area contributed by atoms with E-state index >= 15 is 0 Å². The second-order valence-electron chi connectivity index (χ2n) is 6.78. The van der Waals surface area contributed by atoms with Crippen molar-refractivity contribution < 1.29 is 19.8 Å². The molecule has 0 N–H and O–H groups in total. The van der Waals surface area contributed by atoms with Gasteiger partial charge in [0, 0.05) is 0 Å². The van der Waals surface area contributed by atoms with E-state index in [4.69, 9.17) is 0 Å². The van der Waals surface area contributed by atoms with Gasteiger partial charge in [0.2, 0.25) is 0 Å². The number of benzene rings is 1. The fourth-order valence-electron chi connectivity index (χ4n) is 3.27. The molecule has 26 heavy (non-hydrogen) atoms. The van der Waals surface area contributed by atoms with Crippen LogP contribution in [0.15, 0.2) is 30.3 Å². The molecule has 0 saturated carbocycles. The summed E-state index contributed by atoms with van der Waals surface area (Å²) >= 11 is 0. The third kappa shape index (κ3) is 8.17. The van der Waals surface area contributed by atoms with E-state index in [1.165, 1.54) is 50.7 Å². The smallest absolute Gasteiger partial charge is 0.549 e. The SMILES string of the molecule is CCCCCCCCCCCCC(C(=O)[O-])(C(=O)[O-])c1ccccc1.[Ba+2]. The molecule has 0 atom stereocenters.